The highest BCUT2D eigenvalue weighted by Crippen LogP contribution is 2.36. The molecule has 0 aliphatic carbocycles. The van der Waals surface area contributed by atoms with Gasteiger partial charge in [-0.1, -0.05) is 23.4 Å². The van der Waals surface area contributed by atoms with Gasteiger partial charge in [0.25, 0.3) is 5.91 Å². The van der Waals surface area contributed by atoms with Gasteiger partial charge in [0.2, 0.25) is 0 Å². The first-order valence-corrected chi connectivity index (χ1v) is 8.83. The fraction of sp³-hybridized carbons (Fsp3) is 0.0476. The minimum absolute atomic E-state index is 0.182. The molecular formula is C21H15N3O6. The van der Waals surface area contributed by atoms with Crippen molar-refractivity contribution in [1.29, 1.82) is 0 Å². The maximum atomic E-state index is 12.1. The standard InChI is InChI=1S/C21H15N3O6/c25-16(26)11-23-21(28)19-20(27)17-15(10-22-19)30-24-18(17)12-6-8-14(9-7-12)29-13-4-2-1-3-5-13/h1-10,27H,11H2,(H,23,28)(H,25,26). The molecule has 2 heterocycles. The summed E-state index contributed by atoms with van der Waals surface area (Å²) in [6.45, 7) is -0.600. The number of fused-ring (bicyclic) bond motifs is 1. The second kappa shape index (κ2) is 7.92. The van der Waals surface area contributed by atoms with E-state index in [1.807, 2.05) is 30.3 Å². The van der Waals surface area contributed by atoms with E-state index >= 15 is 0 Å². The Hall–Kier alpha value is -4.40. The van der Waals surface area contributed by atoms with Crippen LogP contribution in [0.2, 0.25) is 0 Å². The summed E-state index contributed by atoms with van der Waals surface area (Å²) in [6.07, 6.45) is 1.24. The molecule has 0 aliphatic heterocycles. The molecule has 0 atom stereocenters. The van der Waals surface area contributed by atoms with Gasteiger partial charge in [-0.05, 0) is 36.4 Å². The average molecular weight is 405 g/mol. The number of nitrogens with one attached hydrogen (secondary N) is 1. The highest BCUT2D eigenvalue weighted by molar-refractivity contribution is 6.05. The van der Waals surface area contributed by atoms with Gasteiger partial charge in [0.15, 0.2) is 17.0 Å². The minimum Gasteiger partial charge on any atom is -0.505 e. The van der Waals surface area contributed by atoms with Gasteiger partial charge in [-0.3, -0.25) is 9.59 Å². The summed E-state index contributed by atoms with van der Waals surface area (Å²) < 4.78 is 11.0. The molecular weight excluding hydrogens is 390 g/mol. The van der Waals surface area contributed by atoms with Crippen LogP contribution >= 0.6 is 0 Å². The van der Waals surface area contributed by atoms with Gasteiger partial charge in [-0.15, -0.1) is 0 Å². The van der Waals surface area contributed by atoms with Gasteiger partial charge in [-0.25, -0.2) is 4.98 Å². The molecule has 9 nitrogen and oxygen atoms in total. The molecule has 3 N–H and O–H groups in total. The SMILES string of the molecule is O=C(O)CNC(=O)c1ncc2onc(-c3ccc(Oc4ccccc4)cc3)c2c1O. The first-order chi connectivity index (χ1) is 14.5. The van der Waals surface area contributed by atoms with E-state index in [0.29, 0.717) is 22.8 Å². The number of carbonyl (C=O) groups excluding carboxylic acids is 1. The number of ether oxygens (including phenoxy) is 1. The monoisotopic (exact) mass is 405 g/mol. The van der Waals surface area contributed by atoms with E-state index in [1.165, 1.54) is 6.20 Å². The first kappa shape index (κ1) is 18.9. The summed E-state index contributed by atoms with van der Waals surface area (Å²) in [6, 6.07) is 16.2. The summed E-state index contributed by atoms with van der Waals surface area (Å²) in [5.74, 6) is -1.19. The van der Waals surface area contributed by atoms with Crippen LogP contribution in [-0.2, 0) is 4.79 Å². The molecule has 4 rings (SSSR count). The van der Waals surface area contributed by atoms with Crippen LogP contribution in [0.25, 0.3) is 22.2 Å². The van der Waals surface area contributed by atoms with Crippen molar-refractivity contribution >= 4 is 22.8 Å². The van der Waals surface area contributed by atoms with E-state index < -0.39 is 24.2 Å². The Balaban J connectivity index is 1.65. The molecule has 0 saturated heterocycles. The van der Waals surface area contributed by atoms with Gasteiger partial charge in [0.05, 0.1) is 11.6 Å². The first-order valence-electron chi connectivity index (χ1n) is 8.83. The van der Waals surface area contributed by atoms with E-state index in [4.69, 9.17) is 14.4 Å². The Morgan fingerprint density at radius 2 is 1.73 bits per heavy atom. The lowest BCUT2D eigenvalue weighted by Crippen LogP contribution is -2.29. The number of para-hydroxylation sites is 1. The Morgan fingerprint density at radius 3 is 2.43 bits per heavy atom. The highest BCUT2D eigenvalue weighted by atomic mass is 16.5. The summed E-state index contributed by atoms with van der Waals surface area (Å²) >= 11 is 0. The van der Waals surface area contributed by atoms with E-state index in [1.54, 1.807) is 24.3 Å². The topological polar surface area (TPSA) is 135 Å². The molecule has 30 heavy (non-hydrogen) atoms. The lowest BCUT2D eigenvalue weighted by molar-refractivity contribution is -0.135. The number of carboxylic acid groups (broad SMARTS) is 1. The number of carbonyl (C=O) groups is 2. The normalized spacial score (nSPS) is 10.7. The molecule has 2 aromatic heterocycles. The number of rotatable bonds is 6. The number of nitrogens with zero attached hydrogens (tertiary/aromatic N) is 2. The van der Waals surface area contributed by atoms with E-state index in [0.717, 1.165) is 0 Å². The number of carboxylic acids is 1. The summed E-state index contributed by atoms with van der Waals surface area (Å²) in [4.78, 5) is 26.6. The molecule has 0 spiro atoms. The maximum absolute atomic E-state index is 12.1. The lowest BCUT2D eigenvalue weighted by atomic mass is 10.1. The van der Waals surface area contributed by atoms with Crippen molar-refractivity contribution in [1.82, 2.24) is 15.5 Å². The molecule has 0 fully saturated rings. The van der Waals surface area contributed by atoms with Crippen LogP contribution in [0.3, 0.4) is 0 Å². The molecule has 0 unspecified atom stereocenters. The van der Waals surface area contributed by atoms with Gasteiger partial charge in [-0.2, -0.15) is 0 Å². The number of hydrogen-bond acceptors (Lipinski definition) is 7. The van der Waals surface area contributed by atoms with Crippen LogP contribution in [0.15, 0.2) is 65.3 Å². The number of amides is 1. The predicted molar refractivity (Wildman–Crippen MR) is 105 cm³/mol. The lowest BCUT2D eigenvalue weighted by Gasteiger charge is -2.07. The van der Waals surface area contributed by atoms with Crippen molar-refractivity contribution in [2.24, 2.45) is 0 Å². The number of aliphatic carboxylic acids is 1. The molecule has 2 aromatic carbocycles. The largest absolute Gasteiger partial charge is 0.505 e. The third-order valence-electron chi connectivity index (χ3n) is 4.21. The zero-order chi connectivity index (χ0) is 21.1. The summed E-state index contributed by atoms with van der Waals surface area (Å²) in [7, 11) is 0. The van der Waals surface area contributed by atoms with Crippen LogP contribution in [0.5, 0.6) is 17.2 Å². The fourth-order valence-electron chi connectivity index (χ4n) is 2.83. The third-order valence-corrected chi connectivity index (χ3v) is 4.21. The Labute approximate surface area is 169 Å². The zero-order valence-corrected chi connectivity index (χ0v) is 15.4. The molecule has 4 aromatic rings. The maximum Gasteiger partial charge on any atom is 0.322 e. The Kier molecular flexibility index (Phi) is 5.00. The van der Waals surface area contributed by atoms with Crippen molar-refractivity contribution in [3.63, 3.8) is 0 Å². The number of hydrogen-bond donors (Lipinski definition) is 3. The van der Waals surface area contributed by atoms with Crippen molar-refractivity contribution < 1.29 is 29.1 Å². The van der Waals surface area contributed by atoms with Crippen LogP contribution in [0.1, 0.15) is 10.5 Å². The highest BCUT2D eigenvalue weighted by Gasteiger charge is 2.22. The molecule has 1 amide bonds. The quantitative estimate of drug-likeness (QED) is 0.445. The van der Waals surface area contributed by atoms with Crippen LogP contribution in [0, 0.1) is 0 Å². The minimum atomic E-state index is -1.22. The zero-order valence-electron chi connectivity index (χ0n) is 15.4. The molecule has 0 bridgehead atoms. The van der Waals surface area contributed by atoms with E-state index in [2.05, 4.69) is 15.5 Å². The van der Waals surface area contributed by atoms with Crippen molar-refractivity contribution in [3.05, 3.63) is 66.5 Å². The molecule has 0 aliphatic rings. The van der Waals surface area contributed by atoms with Crippen molar-refractivity contribution in [3.8, 4) is 28.5 Å². The Bertz CT molecular complexity index is 1220. The van der Waals surface area contributed by atoms with Crippen LogP contribution < -0.4 is 10.1 Å². The number of aromatic hydroxyl groups is 1. The van der Waals surface area contributed by atoms with Gasteiger partial charge < -0.3 is 24.8 Å². The number of aromatic nitrogens is 2. The van der Waals surface area contributed by atoms with E-state index in [-0.39, 0.29) is 16.7 Å². The van der Waals surface area contributed by atoms with E-state index in [9.17, 15) is 14.7 Å². The number of pyridine rings is 1. The summed E-state index contributed by atoms with van der Waals surface area (Å²) in [5.41, 5.74) is 0.787. The fourth-order valence-corrected chi connectivity index (χ4v) is 2.83. The van der Waals surface area contributed by atoms with Crippen molar-refractivity contribution in [2.45, 2.75) is 0 Å². The van der Waals surface area contributed by atoms with Gasteiger partial charge >= 0.3 is 5.97 Å². The second-order valence-electron chi connectivity index (χ2n) is 6.24. The van der Waals surface area contributed by atoms with Gasteiger partial charge in [0, 0.05) is 5.56 Å². The third kappa shape index (κ3) is 3.76. The second-order valence-corrected chi connectivity index (χ2v) is 6.24. The molecule has 0 radical (unpaired) electrons. The molecule has 0 saturated carbocycles. The number of benzene rings is 2. The summed E-state index contributed by atoms with van der Waals surface area (Å²) in [5, 5.41) is 25.6. The predicted octanol–water partition coefficient (Wildman–Crippen LogP) is 3.20. The Morgan fingerprint density at radius 1 is 1.03 bits per heavy atom. The van der Waals surface area contributed by atoms with Crippen molar-refractivity contribution in [2.75, 3.05) is 6.54 Å². The average Bonchev–Trinajstić information content (AvgIpc) is 3.19. The molecule has 9 heteroatoms. The smallest absolute Gasteiger partial charge is 0.322 e. The van der Waals surface area contributed by atoms with Crippen LogP contribution in [0.4, 0.5) is 0 Å². The van der Waals surface area contributed by atoms with Crippen LogP contribution in [-0.4, -0.2) is 38.8 Å². The van der Waals surface area contributed by atoms with Gasteiger partial charge in [0.1, 0.15) is 23.7 Å². The molecule has 150 valence electrons.